The second-order valence-corrected chi connectivity index (χ2v) is 7.70. The number of nitrogens with zero attached hydrogens (tertiary/aromatic N) is 1. The molecule has 2 rings (SSSR count). The van der Waals surface area contributed by atoms with Crippen LogP contribution in [0.5, 0.6) is 5.75 Å². The van der Waals surface area contributed by atoms with Crippen LogP contribution >= 0.6 is 0 Å². The van der Waals surface area contributed by atoms with E-state index < -0.39 is 5.41 Å². The molecule has 2 aromatic carbocycles. The maximum Gasteiger partial charge on any atom is 0.312 e. The van der Waals surface area contributed by atoms with E-state index in [9.17, 15) is 9.90 Å². The molecule has 0 aliphatic carbocycles. The van der Waals surface area contributed by atoms with Gasteiger partial charge in [0.05, 0.1) is 37.6 Å². The molecule has 0 saturated carbocycles. The summed E-state index contributed by atoms with van der Waals surface area (Å²) in [6.07, 6.45) is 0. The minimum absolute atomic E-state index is 0.180. The second kappa shape index (κ2) is 8.71. The number of carbonyl (C=O) groups excluding carboxylic acids is 1. The van der Waals surface area contributed by atoms with Gasteiger partial charge in [-0.05, 0) is 55.7 Å². The minimum atomic E-state index is -0.899. The Morgan fingerprint density at radius 3 is 2.41 bits per heavy atom. The molecular formula is C22H31N3O4. The topological polar surface area (TPSA) is 111 Å². The molecule has 7 nitrogen and oxygen atoms in total. The number of benzene rings is 2. The SMILES string of the molecule is COC(=O)C(C)(C)C(c1ccc(OC)c(CO)c1)c1ccc(N(C)N)c(N)c1C. The first kappa shape index (κ1) is 22.5. The van der Waals surface area contributed by atoms with Crippen LogP contribution in [-0.4, -0.2) is 32.3 Å². The summed E-state index contributed by atoms with van der Waals surface area (Å²) >= 11 is 0. The number of carbonyl (C=O) groups is 1. The van der Waals surface area contributed by atoms with Gasteiger partial charge in [-0.3, -0.25) is 4.79 Å². The van der Waals surface area contributed by atoms with Crippen LogP contribution in [0, 0.1) is 12.3 Å². The zero-order chi connectivity index (χ0) is 21.9. The van der Waals surface area contributed by atoms with Crippen LogP contribution in [0.4, 0.5) is 11.4 Å². The summed E-state index contributed by atoms with van der Waals surface area (Å²) in [7, 11) is 4.65. The predicted octanol–water partition coefficient (Wildman–Crippen LogP) is 2.72. The Morgan fingerprint density at radius 2 is 1.90 bits per heavy atom. The van der Waals surface area contributed by atoms with Crippen LogP contribution in [0.3, 0.4) is 0 Å². The van der Waals surface area contributed by atoms with Crippen LogP contribution in [-0.2, 0) is 16.1 Å². The number of nitrogen functional groups attached to an aromatic ring is 1. The zero-order valence-electron chi connectivity index (χ0n) is 17.9. The highest BCUT2D eigenvalue weighted by molar-refractivity contribution is 5.80. The molecule has 29 heavy (non-hydrogen) atoms. The van der Waals surface area contributed by atoms with Gasteiger partial charge in [0.2, 0.25) is 0 Å². The van der Waals surface area contributed by atoms with E-state index >= 15 is 0 Å². The number of methoxy groups -OCH3 is 2. The molecule has 0 heterocycles. The number of hydrazine groups is 1. The molecule has 0 radical (unpaired) electrons. The van der Waals surface area contributed by atoms with Crippen molar-refractivity contribution in [2.24, 2.45) is 11.3 Å². The molecule has 0 bridgehead atoms. The molecule has 0 saturated heterocycles. The highest BCUT2D eigenvalue weighted by atomic mass is 16.5. The second-order valence-electron chi connectivity index (χ2n) is 7.70. The summed E-state index contributed by atoms with van der Waals surface area (Å²) in [6, 6.07) is 9.32. The number of hydrogen-bond donors (Lipinski definition) is 3. The summed E-state index contributed by atoms with van der Waals surface area (Å²) < 4.78 is 10.4. The van der Waals surface area contributed by atoms with Crippen LogP contribution in [0.25, 0.3) is 0 Å². The lowest BCUT2D eigenvalue weighted by Gasteiger charge is -2.34. The Kier molecular flexibility index (Phi) is 6.77. The van der Waals surface area contributed by atoms with Crippen molar-refractivity contribution in [3.8, 4) is 5.75 Å². The summed E-state index contributed by atoms with van der Waals surface area (Å²) in [4.78, 5) is 12.7. The Hall–Kier alpha value is -2.77. The van der Waals surface area contributed by atoms with Gasteiger partial charge in [0.1, 0.15) is 5.75 Å². The van der Waals surface area contributed by atoms with Crippen LogP contribution in [0.2, 0.25) is 0 Å². The Balaban J connectivity index is 2.77. The predicted molar refractivity (Wildman–Crippen MR) is 115 cm³/mol. The fourth-order valence-electron chi connectivity index (χ4n) is 3.82. The van der Waals surface area contributed by atoms with E-state index in [0.717, 1.165) is 16.7 Å². The highest BCUT2D eigenvalue weighted by Gasteiger charge is 2.41. The molecule has 1 atom stereocenters. The Labute approximate surface area is 172 Å². The number of aliphatic hydroxyl groups excluding tert-OH is 1. The van der Waals surface area contributed by atoms with Gasteiger partial charge < -0.3 is 25.3 Å². The minimum Gasteiger partial charge on any atom is -0.496 e. The monoisotopic (exact) mass is 401 g/mol. The van der Waals surface area contributed by atoms with E-state index in [0.29, 0.717) is 22.7 Å². The Morgan fingerprint density at radius 1 is 1.24 bits per heavy atom. The Bertz CT molecular complexity index is 894. The van der Waals surface area contributed by atoms with Gasteiger partial charge >= 0.3 is 5.97 Å². The quantitative estimate of drug-likeness (QED) is 0.283. The van der Waals surface area contributed by atoms with Crippen molar-refractivity contribution in [3.05, 3.63) is 52.6 Å². The van der Waals surface area contributed by atoms with Crippen molar-refractivity contribution in [2.75, 3.05) is 32.0 Å². The average molecular weight is 402 g/mol. The van der Waals surface area contributed by atoms with Gasteiger partial charge in [-0.2, -0.15) is 0 Å². The smallest absolute Gasteiger partial charge is 0.312 e. The standard InChI is InChI=1S/C22H31N3O4/c1-13-16(8-9-17(20(13)23)25(4)24)19(22(2,3)21(27)29-6)14-7-10-18(28-5)15(11-14)12-26/h7-11,19,26H,12,23-24H2,1-6H3. The van der Waals surface area contributed by atoms with E-state index in [2.05, 4.69) is 0 Å². The van der Waals surface area contributed by atoms with E-state index in [-0.39, 0.29) is 18.5 Å². The number of nitrogens with two attached hydrogens (primary N) is 2. The molecule has 0 aliphatic heterocycles. The largest absolute Gasteiger partial charge is 0.496 e. The molecule has 5 N–H and O–H groups in total. The summed E-state index contributed by atoms with van der Waals surface area (Å²) in [5.74, 6) is 5.75. The molecule has 2 aromatic rings. The van der Waals surface area contributed by atoms with Crippen molar-refractivity contribution < 1.29 is 19.4 Å². The fraction of sp³-hybridized carbons (Fsp3) is 0.409. The summed E-state index contributed by atoms with van der Waals surface area (Å²) in [5.41, 5.74) is 9.92. The summed E-state index contributed by atoms with van der Waals surface area (Å²) in [6.45, 7) is 5.41. The zero-order valence-corrected chi connectivity index (χ0v) is 17.9. The molecule has 0 aromatic heterocycles. The lowest BCUT2D eigenvalue weighted by atomic mass is 9.69. The lowest BCUT2D eigenvalue weighted by molar-refractivity contribution is -0.151. The first-order valence-corrected chi connectivity index (χ1v) is 9.33. The van der Waals surface area contributed by atoms with Gasteiger partial charge in [0, 0.05) is 18.5 Å². The first-order chi connectivity index (χ1) is 13.6. The van der Waals surface area contributed by atoms with Crippen molar-refractivity contribution >= 4 is 17.3 Å². The molecule has 7 heteroatoms. The number of ether oxygens (including phenoxy) is 2. The van der Waals surface area contributed by atoms with Crippen molar-refractivity contribution in [1.29, 1.82) is 0 Å². The lowest BCUT2D eigenvalue weighted by Crippen LogP contribution is -2.34. The highest BCUT2D eigenvalue weighted by Crippen LogP contribution is 2.45. The molecule has 0 spiro atoms. The van der Waals surface area contributed by atoms with Gasteiger partial charge in [-0.15, -0.1) is 0 Å². The number of esters is 1. The molecule has 0 aliphatic rings. The molecule has 0 amide bonds. The first-order valence-electron chi connectivity index (χ1n) is 9.33. The number of rotatable bonds is 7. The average Bonchev–Trinajstić information content (AvgIpc) is 2.69. The van der Waals surface area contributed by atoms with E-state index in [1.165, 1.54) is 12.1 Å². The number of aliphatic hydroxyl groups is 1. The van der Waals surface area contributed by atoms with Gasteiger partial charge in [-0.25, -0.2) is 5.84 Å². The number of hydrogen-bond acceptors (Lipinski definition) is 7. The van der Waals surface area contributed by atoms with E-state index in [4.69, 9.17) is 21.1 Å². The molecule has 1 unspecified atom stereocenters. The van der Waals surface area contributed by atoms with Crippen LogP contribution in [0.15, 0.2) is 30.3 Å². The van der Waals surface area contributed by atoms with Gasteiger partial charge in [0.25, 0.3) is 0 Å². The molecular weight excluding hydrogens is 370 g/mol. The molecule has 0 fully saturated rings. The van der Waals surface area contributed by atoms with Crippen molar-refractivity contribution in [3.63, 3.8) is 0 Å². The van der Waals surface area contributed by atoms with Crippen LogP contribution in [0.1, 0.15) is 42.0 Å². The maximum atomic E-state index is 12.7. The normalized spacial score (nSPS) is 12.4. The van der Waals surface area contributed by atoms with E-state index in [1.54, 1.807) is 20.2 Å². The van der Waals surface area contributed by atoms with E-state index in [1.807, 2.05) is 45.0 Å². The van der Waals surface area contributed by atoms with Gasteiger partial charge in [0.15, 0.2) is 0 Å². The number of anilines is 2. The van der Waals surface area contributed by atoms with Crippen molar-refractivity contribution in [2.45, 2.75) is 33.3 Å². The maximum absolute atomic E-state index is 12.7. The fourth-order valence-corrected chi connectivity index (χ4v) is 3.82. The third kappa shape index (κ3) is 4.16. The third-order valence-electron chi connectivity index (χ3n) is 5.47. The third-order valence-corrected chi connectivity index (χ3v) is 5.47. The van der Waals surface area contributed by atoms with Crippen molar-refractivity contribution in [1.82, 2.24) is 0 Å². The van der Waals surface area contributed by atoms with Gasteiger partial charge in [-0.1, -0.05) is 12.1 Å². The van der Waals surface area contributed by atoms with Crippen LogP contribution < -0.4 is 21.3 Å². The summed E-state index contributed by atoms with van der Waals surface area (Å²) in [5, 5.41) is 11.2. The molecule has 158 valence electrons.